The summed E-state index contributed by atoms with van der Waals surface area (Å²) in [6.45, 7) is -0.234. The van der Waals surface area contributed by atoms with E-state index in [1.165, 1.54) is 17.8 Å². The lowest BCUT2D eigenvalue weighted by molar-refractivity contribution is -0.188. The number of likely N-dealkylation sites (tertiary alicyclic amines) is 1. The van der Waals surface area contributed by atoms with Gasteiger partial charge < -0.3 is 4.90 Å². The van der Waals surface area contributed by atoms with Crippen LogP contribution >= 0.6 is 11.8 Å². The van der Waals surface area contributed by atoms with E-state index in [0.717, 1.165) is 10.3 Å². The molecule has 2 unspecified atom stereocenters. The summed E-state index contributed by atoms with van der Waals surface area (Å²) in [6.07, 6.45) is -0.734. The van der Waals surface area contributed by atoms with Crippen LogP contribution in [0.5, 0.6) is 0 Å². The summed E-state index contributed by atoms with van der Waals surface area (Å²) in [5, 5.41) is 0.969. The maximum absolute atomic E-state index is 13.1. The molecule has 0 saturated carbocycles. The number of halogens is 3. The van der Waals surface area contributed by atoms with Crippen LogP contribution in [0.3, 0.4) is 0 Å². The van der Waals surface area contributed by atoms with Crippen LogP contribution in [0.25, 0.3) is 6.08 Å². The first-order valence-electron chi connectivity index (χ1n) is 9.22. The third-order valence-electron chi connectivity index (χ3n) is 4.65. The highest BCUT2D eigenvalue weighted by Gasteiger charge is 2.43. The summed E-state index contributed by atoms with van der Waals surface area (Å²) in [7, 11) is -3.94. The minimum Gasteiger partial charge on any atom is -0.341 e. The Morgan fingerprint density at radius 3 is 2.66 bits per heavy atom. The Labute approximate surface area is 173 Å². The Bertz CT molecular complexity index is 799. The summed E-state index contributed by atoms with van der Waals surface area (Å²) in [6, 6.07) is 7.69. The normalized spacial score (nSPS) is 19.4. The van der Waals surface area contributed by atoms with Crippen LogP contribution in [0, 0.1) is 5.92 Å². The maximum atomic E-state index is 13.1. The van der Waals surface area contributed by atoms with E-state index >= 15 is 0 Å². The molecule has 1 N–H and O–H groups in total. The second-order valence-electron chi connectivity index (χ2n) is 6.88. The molecule has 1 amide bonds. The van der Waals surface area contributed by atoms with Crippen LogP contribution in [0.15, 0.2) is 35.7 Å². The molecule has 1 aromatic rings. The van der Waals surface area contributed by atoms with Crippen LogP contribution in [0.1, 0.15) is 24.8 Å². The molecule has 1 aliphatic rings. The fraction of sp³-hybridized carbons (Fsp3) is 0.526. The Hall–Kier alpha value is -1.52. The molecule has 1 aromatic carbocycles. The van der Waals surface area contributed by atoms with Crippen LogP contribution in [0.4, 0.5) is 13.2 Å². The van der Waals surface area contributed by atoms with Gasteiger partial charge in [-0.2, -0.15) is 29.7 Å². The van der Waals surface area contributed by atoms with Crippen molar-refractivity contribution in [3.63, 3.8) is 0 Å². The van der Waals surface area contributed by atoms with Crippen LogP contribution in [-0.4, -0.2) is 56.5 Å². The number of benzene rings is 1. The fourth-order valence-corrected chi connectivity index (χ4v) is 4.60. The van der Waals surface area contributed by atoms with Crippen molar-refractivity contribution in [1.29, 1.82) is 0 Å². The van der Waals surface area contributed by atoms with Crippen LogP contribution in [0.2, 0.25) is 0 Å². The van der Waals surface area contributed by atoms with E-state index in [2.05, 4.69) is 4.72 Å². The number of alkyl halides is 3. The first kappa shape index (κ1) is 23.8. The van der Waals surface area contributed by atoms with E-state index in [1.54, 1.807) is 30.3 Å². The van der Waals surface area contributed by atoms with Crippen molar-refractivity contribution in [2.75, 3.05) is 25.1 Å². The molecule has 0 aromatic heterocycles. The van der Waals surface area contributed by atoms with E-state index in [4.69, 9.17) is 0 Å². The van der Waals surface area contributed by atoms with Crippen molar-refractivity contribution in [1.82, 2.24) is 9.62 Å². The van der Waals surface area contributed by atoms with Crippen molar-refractivity contribution in [3.8, 4) is 0 Å². The number of nitrogens with one attached hydrogen (secondary N) is 1. The Morgan fingerprint density at radius 1 is 1.34 bits per heavy atom. The van der Waals surface area contributed by atoms with Gasteiger partial charge >= 0.3 is 6.18 Å². The van der Waals surface area contributed by atoms with Gasteiger partial charge in [-0.15, -0.1) is 0 Å². The van der Waals surface area contributed by atoms with E-state index in [9.17, 15) is 26.4 Å². The number of piperidine rings is 1. The number of nitrogens with zero attached hydrogens (tertiary/aromatic N) is 1. The molecule has 162 valence electrons. The number of amides is 1. The topological polar surface area (TPSA) is 66.5 Å². The molecule has 0 bridgehead atoms. The number of hydrogen-bond acceptors (Lipinski definition) is 4. The fourth-order valence-electron chi connectivity index (χ4n) is 3.10. The SMILES string of the molecule is CSCCC(NS(=O)(=O)C=Cc1ccccc1)C(=O)N1CCCC(C(F)(F)F)C1. The van der Waals surface area contributed by atoms with Gasteiger partial charge in [0.1, 0.15) is 6.04 Å². The molecule has 0 radical (unpaired) electrons. The second kappa shape index (κ2) is 10.5. The predicted molar refractivity (Wildman–Crippen MR) is 110 cm³/mol. The number of sulfonamides is 1. The van der Waals surface area contributed by atoms with E-state index < -0.39 is 40.6 Å². The van der Waals surface area contributed by atoms with Gasteiger partial charge in [-0.25, -0.2) is 8.42 Å². The van der Waals surface area contributed by atoms with Crippen molar-refractivity contribution in [3.05, 3.63) is 41.3 Å². The molecule has 2 rings (SSSR count). The molecular formula is C19H25F3N2O3S2. The largest absolute Gasteiger partial charge is 0.393 e. The summed E-state index contributed by atoms with van der Waals surface area (Å²) in [5.41, 5.74) is 0.675. The summed E-state index contributed by atoms with van der Waals surface area (Å²) in [5.74, 6) is -1.68. The van der Waals surface area contributed by atoms with Crippen molar-refractivity contribution >= 4 is 33.8 Å². The monoisotopic (exact) mass is 450 g/mol. The number of thioether (sulfide) groups is 1. The minimum absolute atomic E-state index is 0.0195. The molecule has 10 heteroatoms. The van der Waals surface area contributed by atoms with E-state index in [1.807, 2.05) is 6.26 Å². The molecule has 1 heterocycles. The first-order valence-corrected chi connectivity index (χ1v) is 12.2. The third-order valence-corrected chi connectivity index (χ3v) is 6.40. The molecule has 29 heavy (non-hydrogen) atoms. The van der Waals surface area contributed by atoms with Crippen LogP contribution in [-0.2, 0) is 14.8 Å². The molecule has 0 aliphatic carbocycles. The first-order chi connectivity index (χ1) is 13.6. The highest BCUT2D eigenvalue weighted by molar-refractivity contribution is 7.98. The maximum Gasteiger partial charge on any atom is 0.393 e. The number of carbonyl (C=O) groups is 1. The molecule has 1 saturated heterocycles. The van der Waals surface area contributed by atoms with Crippen molar-refractivity contribution < 1.29 is 26.4 Å². The molecule has 1 aliphatic heterocycles. The lowest BCUT2D eigenvalue weighted by Crippen LogP contribution is -2.52. The molecule has 1 fully saturated rings. The Balaban J connectivity index is 2.11. The zero-order valence-electron chi connectivity index (χ0n) is 16.1. The Morgan fingerprint density at radius 2 is 2.03 bits per heavy atom. The molecular weight excluding hydrogens is 425 g/mol. The standard InChI is InChI=1S/C19H25F3N2O3S2/c1-28-12-9-17(18(25)24-11-5-8-16(14-24)19(20,21)22)23-29(26,27)13-10-15-6-3-2-4-7-15/h2-4,6-7,10,13,16-17,23H,5,8-9,11-12,14H2,1H3. The summed E-state index contributed by atoms with van der Waals surface area (Å²) < 4.78 is 66.4. The second-order valence-corrected chi connectivity index (χ2v) is 9.46. The lowest BCUT2D eigenvalue weighted by atomic mass is 9.97. The quantitative estimate of drug-likeness (QED) is 0.658. The van der Waals surface area contributed by atoms with E-state index in [0.29, 0.717) is 11.3 Å². The van der Waals surface area contributed by atoms with Gasteiger partial charge in [-0.1, -0.05) is 30.3 Å². The molecule has 2 atom stereocenters. The number of hydrogen-bond donors (Lipinski definition) is 1. The van der Waals surface area contributed by atoms with E-state index in [-0.39, 0.29) is 25.8 Å². The zero-order chi connectivity index (χ0) is 21.5. The highest BCUT2D eigenvalue weighted by atomic mass is 32.2. The van der Waals surface area contributed by atoms with Gasteiger partial charge in [0.25, 0.3) is 0 Å². The van der Waals surface area contributed by atoms with Gasteiger partial charge in [0.15, 0.2) is 0 Å². The average molecular weight is 451 g/mol. The summed E-state index contributed by atoms with van der Waals surface area (Å²) >= 11 is 1.43. The van der Waals surface area contributed by atoms with Gasteiger partial charge in [0, 0.05) is 18.5 Å². The number of carbonyl (C=O) groups excluding carboxylic acids is 1. The molecule has 0 spiro atoms. The number of rotatable bonds is 8. The van der Waals surface area contributed by atoms with Crippen LogP contribution < -0.4 is 4.72 Å². The van der Waals surface area contributed by atoms with Gasteiger partial charge in [-0.3, -0.25) is 4.79 Å². The van der Waals surface area contributed by atoms with Crippen molar-refractivity contribution in [2.24, 2.45) is 5.92 Å². The summed E-state index contributed by atoms with van der Waals surface area (Å²) in [4.78, 5) is 14.0. The zero-order valence-corrected chi connectivity index (χ0v) is 17.7. The Kier molecular flexibility index (Phi) is 8.59. The van der Waals surface area contributed by atoms with Gasteiger partial charge in [-0.05, 0) is 42.9 Å². The lowest BCUT2D eigenvalue weighted by Gasteiger charge is -2.35. The molecule has 5 nitrogen and oxygen atoms in total. The highest BCUT2D eigenvalue weighted by Crippen LogP contribution is 2.33. The van der Waals surface area contributed by atoms with Crippen molar-refractivity contribution in [2.45, 2.75) is 31.5 Å². The van der Waals surface area contributed by atoms with Gasteiger partial charge in [0.05, 0.1) is 5.92 Å². The average Bonchev–Trinajstić information content (AvgIpc) is 2.69. The van der Waals surface area contributed by atoms with Gasteiger partial charge in [0.2, 0.25) is 15.9 Å². The predicted octanol–water partition coefficient (Wildman–Crippen LogP) is 3.50. The third kappa shape index (κ3) is 7.67. The smallest absolute Gasteiger partial charge is 0.341 e. The minimum atomic E-state index is -4.37.